The maximum atomic E-state index is 14.2. The Hall–Kier alpha value is -2.40. The largest absolute Gasteiger partial charge is 0.496 e. The van der Waals surface area contributed by atoms with Crippen LogP contribution < -0.4 is 10.1 Å². The molecule has 0 saturated carbocycles. The third-order valence-corrected chi connectivity index (χ3v) is 4.39. The van der Waals surface area contributed by atoms with E-state index in [0.29, 0.717) is 18.9 Å². The highest BCUT2D eigenvalue weighted by Gasteiger charge is 2.19. The van der Waals surface area contributed by atoms with Crippen molar-refractivity contribution in [2.24, 2.45) is 0 Å². The van der Waals surface area contributed by atoms with E-state index in [4.69, 9.17) is 9.47 Å². The van der Waals surface area contributed by atoms with Crippen molar-refractivity contribution >= 4 is 5.97 Å². The number of hydrogen-bond acceptors (Lipinski definition) is 4. The fourth-order valence-corrected chi connectivity index (χ4v) is 3.26. The monoisotopic (exact) mass is 343 g/mol. The molecule has 1 aliphatic rings. The molecule has 0 spiro atoms. The molecule has 0 aromatic heterocycles. The fraction of sp³-hybridized carbons (Fsp3) is 0.350. The highest BCUT2D eigenvalue weighted by atomic mass is 19.1. The van der Waals surface area contributed by atoms with Crippen molar-refractivity contribution in [2.75, 3.05) is 20.3 Å². The molecule has 25 heavy (non-hydrogen) atoms. The van der Waals surface area contributed by atoms with Gasteiger partial charge in [-0.1, -0.05) is 6.07 Å². The van der Waals surface area contributed by atoms with Gasteiger partial charge in [-0.3, -0.25) is 4.79 Å². The number of carbonyl (C=O) groups excluding carboxylic acids is 1. The molecule has 3 rings (SSSR count). The molecule has 0 aliphatic carbocycles. The Morgan fingerprint density at radius 1 is 1.24 bits per heavy atom. The average molecular weight is 343 g/mol. The Morgan fingerprint density at radius 2 is 2.08 bits per heavy atom. The summed E-state index contributed by atoms with van der Waals surface area (Å²) in [6.45, 7) is 3.67. The molecular weight excluding hydrogens is 321 g/mol. The highest BCUT2D eigenvalue weighted by molar-refractivity contribution is 5.78. The van der Waals surface area contributed by atoms with Crippen molar-refractivity contribution < 1.29 is 18.7 Å². The molecule has 0 amide bonds. The first-order valence-corrected chi connectivity index (χ1v) is 8.47. The van der Waals surface area contributed by atoms with Crippen LogP contribution in [0.4, 0.5) is 4.39 Å². The summed E-state index contributed by atoms with van der Waals surface area (Å²) in [6.07, 6.45) is 0.978. The van der Waals surface area contributed by atoms with Gasteiger partial charge in [-0.2, -0.15) is 0 Å². The van der Waals surface area contributed by atoms with E-state index in [0.717, 1.165) is 40.8 Å². The van der Waals surface area contributed by atoms with Gasteiger partial charge in [0, 0.05) is 12.1 Å². The Kier molecular flexibility index (Phi) is 5.34. The number of methoxy groups -OCH3 is 1. The number of benzene rings is 2. The van der Waals surface area contributed by atoms with Crippen molar-refractivity contribution in [3.05, 3.63) is 52.8 Å². The zero-order valence-corrected chi connectivity index (χ0v) is 14.5. The summed E-state index contributed by atoms with van der Waals surface area (Å²) in [5, 5.41) is 3.33. The number of carbonyl (C=O) groups is 1. The van der Waals surface area contributed by atoms with Gasteiger partial charge in [-0.15, -0.1) is 0 Å². The third kappa shape index (κ3) is 3.82. The molecule has 1 heterocycles. The highest BCUT2D eigenvalue weighted by Crippen LogP contribution is 2.36. The molecule has 1 aliphatic heterocycles. The summed E-state index contributed by atoms with van der Waals surface area (Å²) >= 11 is 0. The first-order valence-electron chi connectivity index (χ1n) is 8.47. The summed E-state index contributed by atoms with van der Waals surface area (Å²) in [6, 6.07) is 8.69. The second-order valence-corrected chi connectivity index (χ2v) is 6.03. The molecule has 0 fully saturated rings. The van der Waals surface area contributed by atoms with Crippen LogP contribution in [0.1, 0.15) is 23.6 Å². The van der Waals surface area contributed by atoms with Gasteiger partial charge >= 0.3 is 5.97 Å². The maximum Gasteiger partial charge on any atom is 0.310 e. The van der Waals surface area contributed by atoms with Gasteiger partial charge in [0.05, 0.1) is 20.1 Å². The molecule has 1 N–H and O–H groups in total. The molecule has 0 radical (unpaired) electrons. The van der Waals surface area contributed by atoms with E-state index >= 15 is 0 Å². The fourth-order valence-electron chi connectivity index (χ4n) is 3.26. The molecular formula is C20H22FNO3. The van der Waals surface area contributed by atoms with E-state index in [2.05, 4.69) is 5.32 Å². The minimum absolute atomic E-state index is 0.181. The van der Waals surface area contributed by atoms with Crippen LogP contribution in [0.25, 0.3) is 11.1 Å². The maximum absolute atomic E-state index is 14.2. The van der Waals surface area contributed by atoms with Gasteiger partial charge < -0.3 is 14.8 Å². The van der Waals surface area contributed by atoms with E-state index < -0.39 is 0 Å². The molecule has 0 saturated heterocycles. The van der Waals surface area contributed by atoms with E-state index in [1.54, 1.807) is 20.1 Å². The van der Waals surface area contributed by atoms with Crippen LogP contribution in [0.2, 0.25) is 0 Å². The lowest BCUT2D eigenvalue weighted by atomic mass is 9.90. The van der Waals surface area contributed by atoms with Crippen LogP contribution >= 0.6 is 0 Å². The van der Waals surface area contributed by atoms with Gasteiger partial charge in [0.25, 0.3) is 0 Å². The van der Waals surface area contributed by atoms with Crippen molar-refractivity contribution in [1.82, 2.24) is 5.32 Å². The molecule has 0 bridgehead atoms. The van der Waals surface area contributed by atoms with Gasteiger partial charge in [-0.25, -0.2) is 4.39 Å². The average Bonchev–Trinajstić information content (AvgIpc) is 2.61. The number of esters is 1. The second-order valence-electron chi connectivity index (χ2n) is 6.03. The first kappa shape index (κ1) is 17.4. The predicted molar refractivity (Wildman–Crippen MR) is 94.1 cm³/mol. The molecule has 4 nitrogen and oxygen atoms in total. The zero-order valence-electron chi connectivity index (χ0n) is 14.5. The Labute approximate surface area is 147 Å². The SMILES string of the molecule is CCOC(=O)Cc1ccc(OC)c(-c2cc(F)cc3c2CNCC3)c1. The van der Waals surface area contributed by atoms with Gasteiger partial charge in [-0.05, 0) is 66.4 Å². The minimum atomic E-state index is -0.276. The predicted octanol–water partition coefficient (Wildman–Crippen LogP) is 3.25. The van der Waals surface area contributed by atoms with Crippen LogP contribution in [0, 0.1) is 5.82 Å². The molecule has 132 valence electrons. The quantitative estimate of drug-likeness (QED) is 0.847. The molecule has 2 aromatic rings. The normalized spacial score (nSPS) is 13.2. The van der Waals surface area contributed by atoms with Crippen LogP contribution in [0.15, 0.2) is 30.3 Å². The number of rotatable bonds is 5. The summed E-state index contributed by atoms with van der Waals surface area (Å²) in [5.74, 6) is 0.126. The number of halogens is 1. The smallest absolute Gasteiger partial charge is 0.310 e. The van der Waals surface area contributed by atoms with Crippen LogP contribution in [-0.2, 0) is 28.9 Å². The van der Waals surface area contributed by atoms with E-state index in [1.165, 1.54) is 6.07 Å². The third-order valence-electron chi connectivity index (χ3n) is 4.39. The molecule has 0 atom stereocenters. The lowest BCUT2D eigenvalue weighted by Gasteiger charge is -2.22. The first-order chi connectivity index (χ1) is 12.1. The summed E-state index contributed by atoms with van der Waals surface area (Å²) in [4.78, 5) is 11.8. The Bertz CT molecular complexity index is 789. The topological polar surface area (TPSA) is 47.6 Å². The summed E-state index contributed by atoms with van der Waals surface area (Å²) < 4.78 is 24.6. The number of hydrogen-bond donors (Lipinski definition) is 1. The van der Waals surface area contributed by atoms with E-state index in [-0.39, 0.29) is 18.2 Å². The summed E-state index contributed by atoms with van der Waals surface area (Å²) in [7, 11) is 1.59. The van der Waals surface area contributed by atoms with Gasteiger partial charge in [0.2, 0.25) is 0 Å². The lowest BCUT2D eigenvalue weighted by Crippen LogP contribution is -2.24. The zero-order chi connectivity index (χ0) is 17.8. The van der Waals surface area contributed by atoms with Gasteiger partial charge in [0.1, 0.15) is 11.6 Å². The number of fused-ring (bicyclic) bond motifs is 1. The Balaban J connectivity index is 2.06. The number of nitrogens with one attached hydrogen (secondary N) is 1. The lowest BCUT2D eigenvalue weighted by molar-refractivity contribution is -0.142. The van der Waals surface area contributed by atoms with Crippen molar-refractivity contribution in [3.8, 4) is 16.9 Å². The molecule has 2 aromatic carbocycles. The second kappa shape index (κ2) is 7.66. The van der Waals surface area contributed by atoms with Crippen molar-refractivity contribution in [1.29, 1.82) is 0 Å². The minimum Gasteiger partial charge on any atom is -0.496 e. The van der Waals surface area contributed by atoms with Crippen molar-refractivity contribution in [2.45, 2.75) is 26.3 Å². The van der Waals surface area contributed by atoms with Crippen LogP contribution in [0.3, 0.4) is 0 Å². The van der Waals surface area contributed by atoms with Gasteiger partial charge in [0.15, 0.2) is 0 Å². The Morgan fingerprint density at radius 3 is 2.84 bits per heavy atom. The van der Waals surface area contributed by atoms with E-state index in [1.807, 2.05) is 18.2 Å². The van der Waals surface area contributed by atoms with Crippen LogP contribution in [0.5, 0.6) is 5.75 Å². The van der Waals surface area contributed by atoms with Crippen LogP contribution in [-0.4, -0.2) is 26.2 Å². The molecule has 5 heteroatoms. The standard InChI is InChI=1S/C20H22FNO3/c1-3-25-20(23)9-13-4-5-19(24-2)17(8-13)16-11-15(21)10-14-6-7-22-12-18(14)16/h4-5,8,10-11,22H,3,6-7,9,12H2,1-2H3. The molecule has 0 unspecified atom stereocenters. The summed E-state index contributed by atoms with van der Waals surface area (Å²) in [5.41, 5.74) is 4.52. The van der Waals surface area contributed by atoms with E-state index in [9.17, 15) is 9.18 Å². The number of ether oxygens (including phenoxy) is 2. The van der Waals surface area contributed by atoms with Crippen molar-refractivity contribution in [3.63, 3.8) is 0 Å².